The Morgan fingerprint density at radius 2 is 2.03 bits per heavy atom. The number of allylic oxidation sites excluding steroid dienone is 1. The SMILES string of the molecule is CNCc1cc(Nc2ncc3c(n2)OCN(c2c(Cl)cccc2Cl)C3=O)cc2c1CC=C2. The molecular weight excluding hydrogens is 449 g/mol. The fraction of sp³-hybridized carbons (Fsp3) is 0.174. The third-order valence-electron chi connectivity index (χ3n) is 5.39. The molecule has 0 saturated carbocycles. The number of carbonyl (C=O) groups excluding carboxylic acids is 1. The predicted octanol–water partition coefficient (Wildman–Crippen LogP) is 4.81. The molecule has 0 spiro atoms. The van der Waals surface area contributed by atoms with Crippen molar-refractivity contribution in [3.8, 4) is 5.88 Å². The van der Waals surface area contributed by atoms with Crippen molar-refractivity contribution >= 4 is 52.5 Å². The van der Waals surface area contributed by atoms with Crippen LogP contribution in [-0.2, 0) is 13.0 Å². The monoisotopic (exact) mass is 467 g/mol. The Balaban J connectivity index is 1.42. The van der Waals surface area contributed by atoms with Crippen LogP contribution in [0, 0.1) is 0 Å². The zero-order valence-electron chi connectivity index (χ0n) is 17.2. The summed E-state index contributed by atoms with van der Waals surface area (Å²) in [5, 5.41) is 7.16. The van der Waals surface area contributed by atoms with Crippen LogP contribution in [0.5, 0.6) is 5.88 Å². The van der Waals surface area contributed by atoms with Crippen LogP contribution in [0.2, 0.25) is 10.0 Å². The van der Waals surface area contributed by atoms with Gasteiger partial charge in [0.05, 0.1) is 15.7 Å². The van der Waals surface area contributed by atoms with Gasteiger partial charge < -0.3 is 15.4 Å². The number of benzene rings is 2. The van der Waals surface area contributed by atoms with E-state index in [1.807, 2.05) is 7.05 Å². The molecule has 1 aromatic heterocycles. The fourth-order valence-corrected chi connectivity index (χ4v) is 4.53. The topological polar surface area (TPSA) is 79.4 Å². The smallest absolute Gasteiger partial charge is 0.268 e. The zero-order chi connectivity index (χ0) is 22.2. The summed E-state index contributed by atoms with van der Waals surface area (Å²) in [6, 6.07) is 9.20. The molecule has 2 heterocycles. The van der Waals surface area contributed by atoms with E-state index in [1.165, 1.54) is 27.8 Å². The van der Waals surface area contributed by atoms with Crippen LogP contribution in [0.3, 0.4) is 0 Å². The van der Waals surface area contributed by atoms with Gasteiger partial charge in [-0.25, -0.2) is 4.98 Å². The molecule has 0 unspecified atom stereocenters. The van der Waals surface area contributed by atoms with Crippen molar-refractivity contribution in [2.45, 2.75) is 13.0 Å². The highest BCUT2D eigenvalue weighted by Gasteiger charge is 2.31. The van der Waals surface area contributed by atoms with E-state index in [4.69, 9.17) is 27.9 Å². The summed E-state index contributed by atoms with van der Waals surface area (Å²) in [6.07, 6.45) is 6.65. The lowest BCUT2D eigenvalue weighted by atomic mass is 10.0. The summed E-state index contributed by atoms with van der Waals surface area (Å²) < 4.78 is 5.76. The van der Waals surface area contributed by atoms with Crippen LogP contribution in [0.25, 0.3) is 6.08 Å². The van der Waals surface area contributed by atoms with Gasteiger partial charge in [0.1, 0.15) is 5.56 Å². The second-order valence-corrected chi connectivity index (χ2v) is 8.27. The van der Waals surface area contributed by atoms with Gasteiger partial charge in [0.15, 0.2) is 6.73 Å². The van der Waals surface area contributed by atoms with Gasteiger partial charge in [-0.3, -0.25) is 9.69 Å². The van der Waals surface area contributed by atoms with E-state index in [0.29, 0.717) is 21.7 Å². The van der Waals surface area contributed by atoms with Crippen LogP contribution < -0.4 is 20.3 Å². The molecule has 3 aromatic rings. The van der Waals surface area contributed by atoms with Crippen molar-refractivity contribution in [2.75, 3.05) is 24.0 Å². The Hall–Kier alpha value is -3.13. The van der Waals surface area contributed by atoms with Crippen LogP contribution in [0.4, 0.5) is 17.3 Å². The number of nitrogens with zero attached hydrogens (tertiary/aromatic N) is 3. The highest BCUT2D eigenvalue weighted by molar-refractivity contribution is 6.40. The van der Waals surface area contributed by atoms with Crippen molar-refractivity contribution in [3.63, 3.8) is 0 Å². The van der Waals surface area contributed by atoms with Crippen molar-refractivity contribution in [3.05, 3.63) is 74.9 Å². The minimum Gasteiger partial charge on any atom is -0.455 e. The maximum absolute atomic E-state index is 13.0. The number of anilines is 3. The van der Waals surface area contributed by atoms with E-state index in [0.717, 1.165) is 18.7 Å². The maximum atomic E-state index is 13.0. The van der Waals surface area contributed by atoms with Gasteiger partial charge in [-0.15, -0.1) is 0 Å². The minimum absolute atomic E-state index is 0.0539. The second kappa shape index (κ2) is 8.43. The molecule has 1 aliphatic heterocycles. The fourth-order valence-electron chi connectivity index (χ4n) is 3.93. The lowest BCUT2D eigenvalue weighted by Crippen LogP contribution is -2.39. The molecule has 0 atom stereocenters. The van der Waals surface area contributed by atoms with Crippen molar-refractivity contribution in [1.29, 1.82) is 0 Å². The lowest BCUT2D eigenvalue weighted by molar-refractivity contribution is 0.0932. The number of hydrogen-bond acceptors (Lipinski definition) is 6. The van der Waals surface area contributed by atoms with Gasteiger partial charge in [-0.1, -0.05) is 41.4 Å². The number of ether oxygens (including phenoxy) is 1. The van der Waals surface area contributed by atoms with Crippen molar-refractivity contribution in [1.82, 2.24) is 15.3 Å². The molecule has 7 nitrogen and oxygen atoms in total. The molecule has 9 heteroatoms. The normalized spacial score (nSPS) is 14.2. The third-order valence-corrected chi connectivity index (χ3v) is 6.00. The molecule has 2 N–H and O–H groups in total. The Kier molecular flexibility index (Phi) is 5.46. The van der Waals surface area contributed by atoms with E-state index in [1.54, 1.807) is 18.2 Å². The molecule has 32 heavy (non-hydrogen) atoms. The average molecular weight is 468 g/mol. The first-order valence-electron chi connectivity index (χ1n) is 10.0. The molecule has 2 aliphatic rings. The number of halogens is 2. The number of rotatable bonds is 5. The van der Waals surface area contributed by atoms with Gasteiger partial charge in [0.25, 0.3) is 5.91 Å². The Bertz CT molecular complexity index is 1240. The average Bonchev–Trinajstić information content (AvgIpc) is 3.24. The molecule has 0 radical (unpaired) electrons. The maximum Gasteiger partial charge on any atom is 0.268 e. The first-order chi connectivity index (χ1) is 15.5. The van der Waals surface area contributed by atoms with Crippen LogP contribution in [0.15, 0.2) is 42.6 Å². The molecule has 0 saturated heterocycles. The molecule has 5 rings (SSSR count). The summed E-state index contributed by atoms with van der Waals surface area (Å²) in [5.74, 6) is 0.230. The van der Waals surface area contributed by atoms with E-state index in [2.05, 4.69) is 44.9 Å². The van der Waals surface area contributed by atoms with Gasteiger partial charge in [-0.05, 0) is 54.4 Å². The summed E-state index contributed by atoms with van der Waals surface area (Å²) >= 11 is 12.5. The van der Waals surface area contributed by atoms with Crippen LogP contribution in [-0.4, -0.2) is 29.7 Å². The van der Waals surface area contributed by atoms with Gasteiger partial charge in [0, 0.05) is 18.4 Å². The second-order valence-electron chi connectivity index (χ2n) is 7.45. The first kappa shape index (κ1) is 20.8. The predicted molar refractivity (Wildman–Crippen MR) is 126 cm³/mol. The Labute approximate surface area is 195 Å². The zero-order valence-corrected chi connectivity index (χ0v) is 18.7. The van der Waals surface area contributed by atoms with Crippen LogP contribution >= 0.6 is 23.2 Å². The molecular formula is C23H19Cl2N5O2. The molecule has 0 fully saturated rings. The Morgan fingerprint density at radius 3 is 2.81 bits per heavy atom. The van der Waals surface area contributed by atoms with Gasteiger partial charge in [-0.2, -0.15) is 4.98 Å². The summed E-state index contributed by atoms with van der Waals surface area (Å²) in [6.45, 7) is 0.713. The quantitative estimate of drug-likeness (QED) is 0.560. The van der Waals surface area contributed by atoms with E-state index in [-0.39, 0.29) is 24.1 Å². The number of fused-ring (bicyclic) bond motifs is 2. The van der Waals surface area contributed by atoms with Crippen LogP contribution in [0.1, 0.15) is 27.0 Å². The molecule has 2 aromatic carbocycles. The first-order valence-corrected chi connectivity index (χ1v) is 10.8. The standard InChI is InChI=1S/C23H19Cl2N5O2/c1-26-10-14-9-15(8-13-4-2-5-16(13)14)28-23-27-11-17-21(29-23)32-12-30(22(17)31)20-18(24)6-3-7-19(20)25/h2-4,6-9,11,26H,5,10,12H2,1H3,(H,27,28,29). The number of aromatic nitrogens is 2. The van der Waals surface area contributed by atoms with Crippen molar-refractivity contribution in [2.24, 2.45) is 0 Å². The van der Waals surface area contributed by atoms with E-state index >= 15 is 0 Å². The minimum atomic E-state index is -0.327. The number of amides is 1. The number of hydrogen-bond donors (Lipinski definition) is 2. The number of carbonyl (C=O) groups is 1. The lowest BCUT2D eigenvalue weighted by Gasteiger charge is -2.29. The van der Waals surface area contributed by atoms with Crippen molar-refractivity contribution < 1.29 is 9.53 Å². The summed E-state index contributed by atoms with van der Waals surface area (Å²) in [4.78, 5) is 23.2. The number of nitrogens with one attached hydrogen (secondary N) is 2. The highest BCUT2D eigenvalue weighted by Crippen LogP contribution is 2.37. The largest absolute Gasteiger partial charge is 0.455 e. The summed E-state index contributed by atoms with van der Waals surface area (Å²) in [5.41, 5.74) is 5.23. The number of para-hydroxylation sites is 1. The van der Waals surface area contributed by atoms with Gasteiger partial charge >= 0.3 is 0 Å². The molecule has 1 aliphatic carbocycles. The van der Waals surface area contributed by atoms with E-state index in [9.17, 15) is 4.79 Å². The highest BCUT2D eigenvalue weighted by atomic mass is 35.5. The molecule has 0 bridgehead atoms. The Morgan fingerprint density at radius 1 is 1.22 bits per heavy atom. The molecule has 1 amide bonds. The van der Waals surface area contributed by atoms with E-state index < -0.39 is 0 Å². The third kappa shape index (κ3) is 3.68. The summed E-state index contributed by atoms with van der Waals surface area (Å²) in [7, 11) is 1.93. The van der Waals surface area contributed by atoms with Gasteiger partial charge in [0.2, 0.25) is 11.8 Å². The molecule has 162 valence electrons.